The van der Waals surface area contributed by atoms with Crippen molar-refractivity contribution < 1.29 is 23.5 Å². The zero-order chi connectivity index (χ0) is 36.7. The molecule has 0 aliphatic heterocycles. The molecule has 1 unspecified atom stereocenters. The van der Waals surface area contributed by atoms with Gasteiger partial charge in [-0.15, -0.1) is 6.58 Å². The van der Waals surface area contributed by atoms with Crippen molar-refractivity contribution in [3.05, 3.63) is 96.6 Å². The molecule has 0 bridgehead atoms. The van der Waals surface area contributed by atoms with Crippen molar-refractivity contribution in [2.24, 2.45) is 17.3 Å². The third kappa shape index (κ3) is 8.79. The van der Waals surface area contributed by atoms with Gasteiger partial charge >= 0.3 is 11.9 Å². The lowest BCUT2D eigenvalue weighted by molar-refractivity contribution is -0.145. The smallest absolute Gasteiger partial charge is 0.304 e. The van der Waals surface area contributed by atoms with Crippen LogP contribution in [0.4, 0.5) is 0 Å². The molecule has 2 aromatic carbocycles. The second kappa shape index (κ2) is 16.6. The van der Waals surface area contributed by atoms with Crippen LogP contribution in [-0.4, -0.2) is 38.6 Å². The molecule has 5 atom stereocenters. The third-order valence-corrected chi connectivity index (χ3v) is 15.9. The monoisotopic (exact) mass is 694 g/mol. The molecular weight excluding hydrogens is 637 g/mol. The van der Waals surface area contributed by atoms with Gasteiger partial charge in [0.15, 0.2) is 12.2 Å². The third-order valence-electron chi connectivity index (χ3n) is 10.9. The Hall–Kier alpha value is -3.66. The van der Waals surface area contributed by atoms with Crippen LogP contribution < -0.4 is 10.4 Å². The van der Waals surface area contributed by atoms with Gasteiger partial charge in [0.1, 0.15) is 0 Å². The molecule has 0 radical (unpaired) electrons. The molecule has 0 aromatic heterocycles. The van der Waals surface area contributed by atoms with Crippen LogP contribution in [0.15, 0.2) is 96.6 Å². The summed E-state index contributed by atoms with van der Waals surface area (Å²) in [7, 11) is -2.90. The Kier molecular flexibility index (Phi) is 13.0. The van der Waals surface area contributed by atoms with E-state index in [0.29, 0.717) is 6.42 Å². The summed E-state index contributed by atoms with van der Waals surface area (Å²) in [5, 5.41) is 2.23. The summed E-state index contributed by atoms with van der Waals surface area (Å²) in [5.41, 5.74) is 2.86. The van der Waals surface area contributed by atoms with E-state index in [1.165, 1.54) is 29.8 Å². The maximum Gasteiger partial charge on any atom is 0.304 e. The number of hydrogen-bond acceptors (Lipinski definition) is 5. The minimum Gasteiger partial charge on any atom is -0.449 e. The van der Waals surface area contributed by atoms with Crippen LogP contribution in [0.3, 0.4) is 0 Å². The fourth-order valence-electron chi connectivity index (χ4n) is 8.47. The lowest BCUT2D eigenvalue weighted by Crippen LogP contribution is -2.68. The van der Waals surface area contributed by atoms with Gasteiger partial charge in [-0.1, -0.05) is 137 Å². The Morgan fingerprint density at radius 1 is 0.920 bits per heavy atom. The minimum atomic E-state index is -2.90. The first kappa shape index (κ1) is 39.1. The number of ether oxygens (including phenoxy) is 2. The van der Waals surface area contributed by atoms with Gasteiger partial charge in [-0.25, -0.2) is 0 Å². The molecule has 5 nitrogen and oxygen atoms in total. The fraction of sp³-hybridized carbons (Fsp3) is 0.500. The van der Waals surface area contributed by atoms with Gasteiger partial charge in [-0.2, -0.15) is 0 Å². The van der Waals surface area contributed by atoms with Gasteiger partial charge in [0, 0.05) is 20.3 Å². The van der Waals surface area contributed by atoms with E-state index >= 15 is 0 Å². The number of esters is 2. The highest BCUT2D eigenvalue weighted by molar-refractivity contribution is 6.99. The van der Waals surface area contributed by atoms with Gasteiger partial charge in [-0.05, 0) is 77.3 Å². The van der Waals surface area contributed by atoms with E-state index in [0.717, 1.165) is 49.7 Å². The highest BCUT2D eigenvalue weighted by Gasteiger charge is 2.54. The van der Waals surface area contributed by atoms with E-state index in [1.54, 1.807) is 0 Å². The molecule has 0 saturated heterocycles. The number of benzene rings is 2. The highest BCUT2D eigenvalue weighted by atomic mass is 28.4. The van der Waals surface area contributed by atoms with Gasteiger partial charge in [-0.3, -0.25) is 9.59 Å². The summed E-state index contributed by atoms with van der Waals surface area (Å²) < 4.78 is 19.4. The average Bonchev–Trinajstić information content (AvgIpc) is 3.05. The molecule has 2 aliphatic rings. The lowest BCUT2D eigenvalue weighted by atomic mass is 9.62. The van der Waals surface area contributed by atoms with E-state index < -0.39 is 31.9 Å². The Balaban J connectivity index is 1.76. The maximum atomic E-state index is 12.6. The van der Waals surface area contributed by atoms with Crippen LogP contribution in [0, 0.1) is 29.1 Å². The van der Waals surface area contributed by atoms with E-state index in [2.05, 4.69) is 127 Å². The molecule has 0 spiro atoms. The number of carbonyl (C=O) groups is 2. The van der Waals surface area contributed by atoms with Gasteiger partial charge in [0.05, 0.1) is 6.10 Å². The van der Waals surface area contributed by atoms with Crippen LogP contribution >= 0.6 is 0 Å². The highest BCUT2D eigenvalue weighted by Crippen LogP contribution is 2.50. The molecule has 268 valence electrons. The van der Waals surface area contributed by atoms with Crippen molar-refractivity contribution in [3.63, 3.8) is 0 Å². The Morgan fingerprint density at radius 2 is 1.50 bits per heavy atom. The van der Waals surface area contributed by atoms with Crippen molar-refractivity contribution in [3.8, 4) is 11.8 Å². The molecule has 2 aliphatic carbocycles. The number of carbonyl (C=O) groups excluding carboxylic acids is 2. The van der Waals surface area contributed by atoms with Crippen LogP contribution in [-0.2, 0) is 23.5 Å². The van der Waals surface area contributed by atoms with Crippen molar-refractivity contribution in [2.45, 2.75) is 124 Å². The normalized spacial score (nSPS) is 21.2. The maximum absolute atomic E-state index is 12.6. The number of rotatable bonds is 11. The molecule has 0 N–H and O–H groups in total. The van der Waals surface area contributed by atoms with Crippen molar-refractivity contribution >= 4 is 30.6 Å². The Morgan fingerprint density at radius 3 is 2.00 bits per heavy atom. The molecule has 4 rings (SSSR count). The molecule has 2 aromatic rings. The quantitative estimate of drug-likeness (QED) is 0.102. The first-order chi connectivity index (χ1) is 23.6. The number of allylic oxidation sites excluding steroid dienone is 2. The fourth-order valence-corrected chi connectivity index (χ4v) is 13.2. The van der Waals surface area contributed by atoms with Crippen molar-refractivity contribution in [1.29, 1.82) is 0 Å². The van der Waals surface area contributed by atoms with Gasteiger partial charge in [0.25, 0.3) is 8.32 Å². The van der Waals surface area contributed by atoms with Gasteiger partial charge in [0.2, 0.25) is 0 Å². The van der Waals surface area contributed by atoms with Crippen LogP contribution in [0.2, 0.25) is 5.04 Å². The van der Waals surface area contributed by atoms with Crippen molar-refractivity contribution in [2.75, 3.05) is 0 Å². The second-order valence-electron chi connectivity index (χ2n) is 15.8. The lowest BCUT2D eigenvalue weighted by Gasteiger charge is -2.50. The molecule has 1 saturated carbocycles. The van der Waals surface area contributed by atoms with E-state index in [-0.39, 0.29) is 28.9 Å². The van der Waals surface area contributed by atoms with E-state index in [9.17, 15) is 9.59 Å². The SMILES string of the molecule is C=C[C@H](O[Si](c1ccccc1)(c1ccccc1)C(C)(C)C)[C@@H]1CCC(C)=C([C@H](C#C[C@H](CC2CCCCC2=C)OC(C)=O)OC(C)=O)C1(C)C. The standard InChI is InChI=1S/C44H58O5Si/c1-11-40(49-50(43(6,7)8,37-22-14-12-15-23-37)38-24-16-13-17-25-38)39-28-26-32(3)42(44(39,9)10)41(48-34(5)46)29-27-36(47-33(4)45)30-35-21-19-18-20-31(35)2/h11-17,22-25,35-36,39-41H,1-2,18-21,26,28,30H2,3-10H3/t35?,36-,39+,40+,41+/m1/s1. The van der Waals surface area contributed by atoms with Crippen LogP contribution in [0.1, 0.15) is 100 Å². The van der Waals surface area contributed by atoms with Crippen LogP contribution in [0.5, 0.6) is 0 Å². The van der Waals surface area contributed by atoms with Crippen LogP contribution in [0.25, 0.3) is 0 Å². The summed E-state index contributed by atoms with van der Waals surface area (Å²) in [5.74, 6) is 6.04. The zero-order valence-electron chi connectivity index (χ0n) is 31.6. The number of hydrogen-bond donors (Lipinski definition) is 0. The van der Waals surface area contributed by atoms with E-state index in [1.807, 2.05) is 6.08 Å². The second-order valence-corrected chi connectivity index (χ2v) is 20.0. The summed E-state index contributed by atoms with van der Waals surface area (Å²) >= 11 is 0. The Bertz CT molecular complexity index is 1560. The molecular formula is C44H58O5Si. The van der Waals surface area contributed by atoms with Gasteiger partial charge < -0.3 is 13.9 Å². The summed E-state index contributed by atoms with van der Waals surface area (Å²) in [6, 6.07) is 21.3. The zero-order valence-corrected chi connectivity index (χ0v) is 32.6. The molecule has 6 heteroatoms. The largest absolute Gasteiger partial charge is 0.449 e. The predicted octanol–water partition coefficient (Wildman–Crippen LogP) is 8.87. The first-order valence-corrected chi connectivity index (χ1v) is 20.2. The summed E-state index contributed by atoms with van der Waals surface area (Å²) in [6.45, 7) is 24.9. The minimum absolute atomic E-state index is 0.0232. The summed E-state index contributed by atoms with van der Waals surface area (Å²) in [4.78, 5) is 24.8. The van der Waals surface area contributed by atoms with E-state index in [4.69, 9.17) is 13.9 Å². The molecule has 0 amide bonds. The molecule has 50 heavy (non-hydrogen) atoms. The topological polar surface area (TPSA) is 61.8 Å². The average molecular weight is 695 g/mol. The first-order valence-electron chi connectivity index (χ1n) is 18.3. The Labute approximate surface area is 302 Å². The predicted molar refractivity (Wildman–Crippen MR) is 206 cm³/mol. The molecule has 1 fully saturated rings. The molecule has 0 heterocycles. The summed E-state index contributed by atoms with van der Waals surface area (Å²) in [6.07, 6.45) is 6.83. The van der Waals surface area contributed by atoms with Crippen molar-refractivity contribution in [1.82, 2.24) is 0 Å².